The van der Waals surface area contributed by atoms with Crippen molar-refractivity contribution in [2.75, 3.05) is 20.1 Å². The molecule has 1 amide bonds. The van der Waals surface area contributed by atoms with Gasteiger partial charge in [-0.25, -0.2) is 4.68 Å². The number of carbonyl (C=O) groups is 1. The number of nitrogens with zero attached hydrogens (tertiary/aromatic N) is 3. The van der Waals surface area contributed by atoms with Crippen LogP contribution in [0.15, 0.2) is 60.8 Å². The fraction of sp³-hybridized carbons (Fsp3) is 0.273. The Morgan fingerprint density at radius 3 is 2.59 bits per heavy atom. The summed E-state index contributed by atoms with van der Waals surface area (Å²) in [6, 6.07) is 18.2. The Morgan fingerprint density at radius 1 is 1.15 bits per heavy atom. The van der Waals surface area contributed by atoms with Gasteiger partial charge in [0.2, 0.25) is 0 Å². The van der Waals surface area contributed by atoms with Crippen molar-refractivity contribution in [1.29, 1.82) is 0 Å². The van der Waals surface area contributed by atoms with E-state index in [1.165, 1.54) is 0 Å². The number of nitrogens with one attached hydrogen (secondary N) is 1. The molecule has 2 heterocycles. The van der Waals surface area contributed by atoms with Crippen LogP contribution in [0.25, 0.3) is 16.9 Å². The quantitative estimate of drug-likeness (QED) is 0.777. The minimum atomic E-state index is 0.0177. The van der Waals surface area contributed by atoms with E-state index in [0.29, 0.717) is 5.56 Å². The van der Waals surface area contributed by atoms with Gasteiger partial charge in [0, 0.05) is 31.4 Å². The van der Waals surface area contributed by atoms with Crippen LogP contribution in [-0.2, 0) is 0 Å². The number of aromatic nitrogens is 2. The first-order chi connectivity index (χ1) is 13.1. The average Bonchev–Trinajstić information content (AvgIpc) is 3.38. The normalized spacial score (nSPS) is 16.4. The molecule has 1 atom stereocenters. The van der Waals surface area contributed by atoms with E-state index in [4.69, 9.17) is 5.10 Å². The lowest BCUT2D eigenvalue weighted by Gasteiger charge is -2.23. The van der Waals surface area contributed by atoms with Crippen LogP contribution >= 0.6 is 0 Å². The maximum atomic E-state index is 13.3. The van der Waals surface area contributed by atoms with Crippen molar-refractivity contribution < 1.29 is 4.79 Å². The lowest BCUT2D eigenvalue weighted by atomic mass is 10.0. The van der Waals surface area contributed by atoms with Crippen molar-refractivity contribution in [1.82, 2.24) is 20.0 Å². The van der Waals surface area contributed by atoms with Gasteiger partial charge in [-0.15, -0.1) is 0 Å². The maximum Gasteiger partial charge on any atom is 0.257 e. The highest BCUT2D eigenvalue weighted by Crippen LogP contribution is 2.28. The van der Waals surface area contributed by atoms with Crippen LogP contribution in [0.3, 0.4) is 0 Å². The summed E-state index contributed by atoms with van der Waals surface area (Å²) in [5.41, 5.74) is 4.42. The van der Waals surface area contributed by atoms with E-state index >= 15 is 0 Å². The first-order valence-electron chi connectivity index (χ1n) is 9.34. The molecular formula is C22H24N4O. The van der Waals surface area contributed by atoms with Gasteiger partial charge in [0.05, 0.1) is 11.3 Å². The highest BCUT2D eigenvalue weighted by atomic mass is 16.2. The molecule has 0 aliphatic carbocycles. The molecule has 138 valence electrons. The Bertz CT molecular complexity index is 942. The molecule has 27 heavy (non-hydrogen) atoms. The Hall–Kier alpha value is -2.92. The van der Waals surface area contributed by atoms with Gasteiger partial charge in [-0.05, 0) is 37.6 Å². The number of hydrogen-bond donors (Lipinski definition) is 1. The molecule has 0 bridgehead atoms. The second-order valence-corrected chi connectivity index (χ2v) is 7.05. The Balaban J connectivity index is 1.80. The zero-order chi connectivity index (χ0) is 18.8. The lowest BCUT2D eigenvalue weighted by molar-refractivity contribution is 0.0744. The average molecular weight is 360 g/mol. The highest BCUT2D eigenvalue weighted by Gasteiger charge is 2.28. The third kappa shape index (κ3) is 3.38. The Kier molecular flexibility index (Phi) is 4.77. The molecular weight excluding hydrogens is 336 g/mol. The lowest BCUT2D eigenvalue weighted by Crippen LogP contribution is -2.38. The molecule has 5 nitrogen and oxygen atoms in total. The summed E-state index contributed by atoms with van der Waals surface area (Å²) in [5.74, 6) is 0.0177. The van der Waals surface area contributed by atoms with Gasteiger partial charge in [-0.1, -0.05) is 42.5 Å². The maximum absolute atomic E-state index is 13.3. The fourth-order valence-corrected chi connectivity index (χ4v) is 3.61. The summed E-state index contributed by atoms with van der Waals surface area (Å²) in [6.07, 6.45) is 2.84. The molecule has 4 rings (SSSR count). The Labute approximate surface area is 159 Å². The summed E-state index contributed by atoms with van der Waals surface area (Å²) in [6.45, 7) is 3.85. The van der Waals surface area contributed by atoms with Crippen molar-refractivity contribution in [3.8, 4) is 16.9 Å². The first-order valence-corrected chi connectivity index (χ1v) is 9.34. The predicted molar refractivity (Wildman–Crippen MR) is 107 cm³/mol. The third-order valence-corrected chi connectivity index (χ3v) is 5.27. The summed E-state index contributed by atoms with van der Waals surface area (Å²) < 4.78 is 1.80. The number of benzene rings is 2. The number of hydrogen-bond acceptors (Lipinski definition) is 3. The standard InChI is InChI=1S/C22H24N4O/c1-16-8-6-7-11-19(16)21-20(22(27)25(2)18-12-13-23-14-18)15-26(24-21)17-9-4-3-5-10-17/h3-11,15,18,23H,12-14H2,1-2H3. The number of carbonyl (C=O) groups excluding carboxylic acids is 1. The molecule has 1 fully saturated rings. The number of aryl methyl sites for hydroxylation is 1. The monoisotopic (exact) mass is 360 g/mol. The zero-order valence-electron chi connectivity index (χ0n) is 15.7. The van der Waals surface area contributed by atoms with Crippen molar-refractivity contribution in [3.05, 3.63) is 71.9 Å². The molecule has 3 aromatic rings. The van der Waals surface area contributed by atoms with Crippen molar-refractivity contribution in [2.24, 2.45) is 0 Å². The van der Waals surface area contributed by atoms with Crippen LogP contribution < -0.4 is 5.32 Å². The molecule has 1 aliphatic heterocycles. The highest BCUT2D eigenvalue weighted by molar-refractivity contribution is 6.00. The van der Waals surface area contributed by atoms with Gasteiger partial charge in [-0.3, -0.25) is 4.79 Å². The molecule has 0 spiro atoms. The Morgan fingerprint density at radius 2 is 1.89 bits per heavy atom. The third-order valence-electron chi connectivity index (χ3n) is 5.27. The molecule has 2 aromatic carbocycles. The second-order valence-electron chi connectivity index (χ2n) is 7.05. The van der Waals surface area contributed by atoms with Gasteiger partial charge < -0.3 is 10.2 Å². The number of para-hydroxylation sites is 1. The van der Waals surface area contributed by atoms with E-state index in [1.54, 1.807) is 4.68 Å². The predicted octanol–water partition coefficient (Wildman–Crippen LogP) is 3.28. The van der Waals surface area contributed by atoms with Crippen LogP contribution in [-0.4, -0.2) is 46.8 Å². The van der Waals surface area contributed by atoms with Crippen LogP contribution in [0.1, 0.15) is 22.3 Å². The summed E-state index contributed by atoms with van der Waals surface area (Å²) in [4.78, 5) is 15.2. The van der Waals surface area contributed by atoms with E-state index in [1.807, 2.05) is 66.7 Å². The van der Waals surface area contributed by atoms with Crippen molar-refractivity contribution in [2.45, 2.75) is 19.4 Å². The molecule has 1 aliphatic rings. The molecule has 0 radical (unpaired) electrons. The summed E-state index contributed by atoms with van der Waals surface area (Å²) in [7, 11) is 1.89. The second kappa shape index (κ2) is 7.37. The first kappa shape index (κ1) is 17.5. The number of rotatable bonds is 4. The number of likely N-dealkylation sites (N-methyl/N-ethyl adjacent to an activating group) is 1. The molecule has 0 saturated carbocycles. The molecule has 1 aromatic heterocycles. The van der Waals surface area contributed by atoms with Gasteiger partial charge in [0.15, 0.2) is 0 Å². The topological polar surface area (TPSA) is 50.2 Å². The zero-order valence-corrected chi connectivity index (χ0v) is 15.7. The largest absolute Gasteiger partial charge is 0.337 e. The molecule has 1 saturated heterocycles. The van der Waals surface area contributed by atoms with E-state index in [-0.39, 0.29) is 11.9 Å². The minimum Gasteiger partial charge on any atom is -0.337 e. The van der Waals surface area contributed by atoms with Crippen LogP contribution in [0.2, 0.25) is 0 Å². The number of amides is 1. The van der Waals surface area contributed by atoms with Crippen molar-refractivity contribution >= 4 is 5.91 Å². The van der Waals surface area contributed by atoms with Gasteiger partial charge >= 0.3 is 0 Å². The fourth-order valence-electron chi connectivity index (χ4n) is 3.61. The van der Waals surface area contributed by atoms with Crippen molar-refractivity contribution in [3.63, 3.8) is 0 Å². The summed E-state index contributed by atoms with van der Waals surface area (Å²) in [5, 5.41) is 8.13. The minimum absolute atomic E-state index is 0.0177. The van der Waals surface area contributed by atoms with Gasteiger partial charge in [-0.2, -0.15) is 5.10 Å². The van der Waals surface area contributed by atoms with E-state index in [2.05, 4.69) is 18.3 Å². The van der Waals surface area contributed by atoms with Crippen LogP contribution in [0, 0.1) is 6.92 Å². The SMILES string of the molecule is Cc1ccccc1-c1nn(-c2ccccc2)cc1C(=O)N(C)C1CCNC1. The molecule has 1 N–H and O–H groups in total. The van der Waals surface area contributed by atoms with E-state index in [9.17, 15) is 4.79 Å². The van der Waals surface area contributed by atoms with Crippen LogP contribution in [0.4, 0.5) is 0 Å². The van der Waals surface area contributed by atoms with E-state index in [0.717, 1.165) is 42.0 Å². The molecule has 1 unspecified atom stereocenters. The summed E-state index contributed by atoms with van der Waals surface area (Å²) >= 11 is 0. The van der Waals surface area contributed by atoms with Gasteiger partial charge in [0.25, 0.3) is 5.91 Å². The smallest absolute Gasteiger partial charge is 0.257 e. The molecule has 5 heteroatoms. The van der Waals surface area contributed by atoms with Crippen LogP contribution in [0.5, 0.6) is 0 Å². The van der Waals surface area contributed by atoms with E-state index < -0.39 is 0 Å². The van der Waals surface area contributed by atoms with Gasteiger partial charge in [0.1, 0.15) is 5.69 Å².